The number of aromatic nitrogens is 4. The van der Waals surface area contributed by atoms with Gasteiger partial charge in [-0.2, -0.15) is 0 Å². The number of hydrogen-bond donors (Lipinski definition) is 3. The lowest BCUT2D eigenvalue weighted by Crippen LogP contribution is -1.90. The molecule has 5 heterocycles. The van der Waals surface area contributed by atoms with Crippen LogP contribution < -0.4 is 5.32 Å². The number of aromatic amines is 2. The van der Waals surface area contributed by atoms with E-state index in [1.54, 1.807) is 0 Å². The molecular weight excluding hydrogens is 611 g/mol. The second-order valence-electron chi connectivity index (χ2n) is 12.4. The standard InChI is InChI=1S/C45H33N5/c1-46-33-19-17-32(18-20-33)45-40-27-25-38(49-40)43(30-13-7-3-8-14-30)36-23-21-34(47-36)42(29-11-5-2-6-12-29)35-22-24-37(48-35)44(31-15-9-4-10-16-31)39-26-28-41(45)50-39/h2-28,46-47,50H,1H3. The van der Waals surface area contributed by atoms with Crippen LogP contribution in [-0.4, -0.2) is 27.0 Å². The fraction of sp³-hybridized carbons (Fsp3) is 0.0222. The predicted molar refractivity (Wildman–Crippen MR) is 210 cm³/mol. The molecule has 7 aromatic rings. The highest BCUT2D eigenvalue weighted by Gasteiger charge is 2.18. The Balaban J connectivity index is 1.47. The molecular formula is C45H33N5. The molecule has 0 fully saturated rings. The lowest BCUT2D eigenvalue weighted by Gasteiger charge is -2.07. The summed E-state index contributed by atoms with van der Waals surface area (Å²) < 4.78 is 0. The Hall–Kier alpha value is -6.72. The molecule has 0 amide bonds. The molecule has 0 aliphatic carbocycles. The van der Waals surface area contributed by atoms with Crippen molar-refractivity contribution in [1.82, 2.24) is 19.9 Å². The number of fused-ring (bicyclic) bond motifs is 8. The smallest absolute Gasteiger partial charge is 0.0737 e. The summed E-state index contributed by atoms with van der Waals surface area (Å²) in [6.45, 7) is 0. The third-order valence-corrected chi connectivity index (χ3v) is 9.40. The highest BCUT2D eigenvalue weighted by molar-refractivity contribution is 5.99. The Labute approximate surface area is 290 Å². The minimum atomic E-state index is 0.893. The zero-order chi connectivity index (χ0) is 33.4. The SMILES string of the molecule is CNc1ccc(-c2c3nc(c(-c4ccccc4)c4ccc([nH]4)c(-c4ccccc4)c4nc(c(-c5ccccc5)c5ccc2[nH]5)C=C4)C=C3)cc1. The minimum Gasteiger partial charge on any atom is -0.388 e. The summed E-state index contributed by atoms with van der Waals surface area (Å²) in [5.74, 6) is 0. The highest BCUT2D eigenvalue weighted by Crippen LogP contribution is 2.38. The number of anilines is 1. The van der Waals surface area contributed by atoms with E-state index in [0.717, 1.165) is 95.0 Å². The lowest BCUT2D eigenvalue weighted by atomic mass is 10.0. The minimum absolute atomic E-state index is 0.893. The molecule has 4 aromatic carbocycles. The van der Waals surface area contributed by atoms with Crippen LogP contribution in [0.25, 0.3) is 90.9 Å². The van der Waals surface area contributed by atoms with E-state index >= 15 is 0 Å². The van der Waals surface area contributed by atoms with Crippen molar-refractivity contribution < 1.29 is 0 Å². The van der Waals surface area contributed by atoms with E-state index in [4.69, 9.17) is 9.97 Å². The molecule has 5 nitrogen and oxygen atoms in total. The van der Waals surface area contributed by atoms with Gasteiger partial charge in [0.15, 0.2) is 0 Å². The Morgan fingerprint density at radius 1 is 0.360 bits per heavy atom. The number of rotatable bonds is 5. The molecule has 0 radical (unpaired) electrons. The fourth-order valence-corrected chi connectivity index (χ4v) is 7.04. The van der Waals surface area contributed by atoms with E-state index in [-0.39, 0.29) is 0 Å². The molecule has 50 heavy (non-hydrogen) atoms. The molecule has 0 spiro atoms. The van der Waals surface area contributed by atoms with Crippen LogP contribution in [0, 0.1) is 0 Å². The van der Waals surface area contributed by atoms with Crippen molar-refractivity contribution in [3.8, 4) is 44.5 Å². The molecule has 5 heteroatoms. The molecule has 3 N–H and O–H groups in total. The van der Waals surface area contributed by atoms with Crippen LogP contribution in [0.15, 0.2) is 140 Å². The van der Waals surface area contributed by atoms with Gasteiger partial charge >= 0.3 is 0 Å². The fourth-order valence-electron chi connectivity index (χ4n) is 7.04. The van der Waals surface area contributed by atoms with Crippen LogP contribution in [0.4, 0.5) is 5.69 Å². The van der Waals surface area contributed by atoms with Gasteiger partial charge in [0.2, 0.25) is 0 Å². The van der Waals surface area contributed by atoms with Crippen LogP contribution in [-0.2, 0) is 0 Å². The van der Waals surface area contributed by atoms with Gasteiger partial charge in [0.05, 0.1) is 22.8 Å². The zero-order valence-corrected chi connectivity index (χ0v) is 27.5. The molecule has 0 unspecified atom stereocenters. The molecule has 238 valence electrons. The van der Waals surface area contributed by atoms with Crippen molar-refractivity contribution in [1.29, 1.82) is 0 Å². The third-order valence-electron chi connectivity index (χ3n) is 9.40. The normalized spacial score (nSPS) is 11.9. The molecule has 0 saturated carbocycles. The van der Waals surface area contributed by atoms with Crippen molar-refractivity contribution in [2.24, 2.45) is 0 Å². The summed E-state index contributed by atoms with van der Waals surface area (Å²) in [5.41, 5.74) is 17.1. The first-order valence-corrected chi connectivity index (χ1v) is 16.8. The zero-order valence-electron chi connectivity index (χ0n) is 27.5. The van der Waals surface area contributed by atoms with Crippen molar-refractivity contribution in [2.45, 2.75) is 0 Å². The molecule has 0 atom stereocenters. The van der Waals surface area contributed by atoms with Gasteiger partial charge in [-0.3, -0.25) is 0 Å². The number of benzene rings is 4. The first-order valence-electron chi connectivity index (χ1n) is 16.8. The summed E-state index contributed by atoms with van der Waals surface area (Å²) in [4.78, 5) is 18.4. The Morgan fingerprint density at radius 3 is 0.960 bits per heavy atom. The number of hydrogen-bond acceptors (Lipinski definition) is 3. The average Bonchev–Trinajstić information content (AvgIpc) is 4.01. The van der Waals surface area contributed by atoms with Gasteiger partial charge in [0.25, 0.3) is 0 Å². The largest absolute Gasteiger partial charge is 0.388 e. The maximum atomic E-state index is 5.38. The van der Waals surface area contributed by atoms with E-state index in [9.17, 15) is 0 Å². The number of H-pyrrole nitrogens is 2. The second-order valence-corrected chi connectivity index (χ2v) is 12.4. The second kappa shape index (κ2) is 12.4. The van der Waals surface area contributed by atoms with Crippen LogP contribution in [0.5, 0.6) is 0 Å². The van der Waals surface area contributed by atoms with Crippen molar-refractivity contribution in [3.05, 3.63) is 162 Å². The Morgan fingerprint density at radius 2 is 0.660 bits per heavy atom. The van der Waals surface area contributed by atoms with Gasteiger partial charge in [-0.1, -0.05) is 103 Å². The van der Waals surface area contributed by atoms with Gasteiger partial charge in [-0.25, -0.2) is 9.97 Å². The van der Waals surface area contributed by atoms with Crippen LogP contribution in [0.1, 0.15) is 22.8 Å². The summed E-state index contributed by atoms with van der Waals surface area (Å²) in [5, 5.41) is 3.25. The van der Waals surface area contributed by atoms with Gasteiger partial charge in [-0.15, -0.1) is 0 Å². The quantitative estimate of drug-likeness (QED) is 0.175. The summed E-state index contributed by atoms with van der Waals surface area (Å²) in [7, 11) is 1.94. The predicted octanol–water partition coefficient (Wildman–Crippen LogP) is 11.4. The van der Waals surface area contributed by atoms with Crippen molar-refractivity contribution >= 4 is 52.1 Å². The average molecular weight is 644 g/mol. The number of nitrogens with one attached hydrogen (secondary N) is 3. The van der Waals surface area contributed by atoms with Crippen LogP contribution in [0.3, 0.4) is 0 Å². The molecule has 0 saturated heterocycles. The maximum absolute atomic E-state index is 5.38. The Kier molecular flexibility index (Phi) is 7.29. The first-order chi connectivity index (χ1) is 24.7. The highest BCUT2D eigenvalue weighted by atomic mass is 14.8. The van der Waals surface area contributed by atoms with E-state index in [1.807, 2.05) is 25.2 Å². The molecule has 3 aromatic heterocycles. The molecule has 2 aliphatic heterocycles. The van der Waals surface area contributed by atoms with E-state index in [1.165, 1.54) is 0 Å². The molecule has 2 aliphatic rings. The van der Waals surface area contributed by atoms with Gasteiger partial charge in [0, 0.05) is 57.1 Å². The maximum Gasteiger partial charge on any atom is 0.0737 e. The third kappa shape index (κ3) is 5.22. The van der Waals surface area contributed by atoms with E-state index in [2.05, 4.69) is 161 Å². The van der Waals surface area contributed by atoms with Gasteiger partial charge in [-0.05, 0) is 83.0 Å². The Bertz CT molecular complexity index is 2560. The molecule has 9 rings (SSSR count). The van der Waals surface area contributed by atoms with Crippen molar-refractivity contribution in [2.75, 3.05) is 12.4 Å². The lowest BCUT2D eigenvalue weighted by molar-refractivity contribution is 1.31. The summed E-state index contributed by atoms with van der Waals surface area (Å²) in [6, 6.07) is 48.7. The van der Waals surface area contributed by atoms with E-state index in [0.29, 0.717) is 0 Å². The van der Waals surface area contributed by atoms with Gasteiger partial charge < -0.3 is 15.3 Å². The van der Waals surface area contributed by atoms with Crippen LogP contribution >= 0.6 is 0 Å². The number of nitrogens with zero attached hydrogens (tertiary/aromatic N) is 2. The topological polar surface area (TPSA) is 69.4 Å². The van der Waals surface area contributed by atoms with Gasteiger partial charge in [0.1, 0.15) is 0 Å². The monoisotopic (exact) mass is 643 g/mol. The summed E-state index contributed by atoms with van der Waals surface area (Å²) in [6.07, 6.45) is 8.54. The molecule has 8 bridgehead atoms. The van der Waals surface area contributed by atoms with E-state index < -0.39 is 0 Å². The first kappa shape index (κ1) is 29.4. The summed E-state index contributed by atoms with van der Waals surface area (Å²) >= 11 is 0. The van der Waals surface area contributed by atoms with Crippen LogP contribution in [0.2, 0.25) is 0 Å². The van der Waals surface area contributed by atoms with Crippen molar-refractivity contribution in [3.63, 3.8) is 0 Å².